The van der Waals surface area contributed by atoms with Crippen LogP contribution in [0.5, 0.6) is 0 Å². The molecular formula is C5H10F3NOS. The average Bonchev–Trinajstić information content (AvgIpc) is 1.79. The van der Waals surface area contributed by atoms with Crippen LogP contribution >= 0.6 is 0 Å². The SMILES string of the molecule is CS(=O)C(CCN)C(F)(F)F. The maximum Gasteiger partial charge on any atom is 0.403 e. The summed E-state index contributed by atoms with van der Waals surface area (Å²) in [5.41, 5.74) is 4.93. The van der Waals surface area contributed by atoms with E-state index in [1.807, 2.05) is 0 Å². The maximum absolute atomic E-state index is 11.9. The van der Waals surface area contributed by atoms with Gasteiger partial charge in [0.05, 0.1) is 0 Å². The molecule has 0 saturated heterocycles. The zero-order valence-corrected chi connectivity index (χ0v) is 6.84. The highest BCUT2D eigenvalue weighted by Crippen LogP contribution is 2.25. The number of nitrogens with two attached hydrogens (primary N) is 1. The van der Waals surface area contributed by atoms with E-state index in [2.05, 4.69) is 0 Å². The number of rotatable bonds is 3. The normalized spacial score (nSPS) is 17.9. The zero-order chi connectivity index (χ0) is 9.07. The minimum absolute atomic E-state index is 0.0935. The molecule has 0 aliphatic rings. The summed E-state index contributed by atoms with van der Waals surface area (Å²) in [6.45, 7) is -0.0935. The predicted octanol–water partition coefficient (Wildman–Crippen LogP) is 0.645. The summed E-state index contributed by atoms with van der Waals surface area (Å²) in [5, 5.41) is -1.77. The minimum Gasteiger partial charge on any atom is -0.330 e. The van der Waals surface area contributed by atoms with Crippen molar-refractivity contribution >= 4 is 10.8 Å². The summed E-state index contributed by atoms with van der Waals surface area (Å²) in [4.78, 5) is 0. The summed E-state index contributed by atoms with van der Waals surface area (Å²) in [6, 6.07) is 0. The van der Waals surface area contributed by atoms with Crippen molar-refractivity contribution in [3.63, 3.8) is 0 Å². The van der Waals surface area contributed by atoms with Crippen molar-refractivity contribution in [2.45, 2.75) is 17.8 Å². The standard InChI is InChI=1S/C5H10F3NOS/c1-11(10)4(2-3-9)5(6,7)8/h4H,2-3,9H2,1H3. The second kappa shape index (κ2) is 4.06. The summed E-state index contributed by atoms with van der Waals surface area (Å²) < 4.78 is 46.2. The van der Waals surface area contributed by atoms with Crippen LogP contribution in [0.4, 0.5) is 13.2 Å². The molecule has 0 aromatic heterocycles. The summed E-state index contributed by atoms with van der Waals surface area (Å²) >= 11 is 0. The van der Waals surface area contributed by atoms with Crippen molar-refractivity contribution in [1.82, 2.24) is 0 Å². The lowest BCUT2D eigenvalue weighted by Gasteiger charge is -2.16. The quantitative estimate of drug-likeness (QED) is 0.708. The molecule has 0 amide bonds. The maximum atomic E-state index is 11.9. The first kappa shape index (κ1) is 10.9. The lowest BCUT2D eigenvalue weighted by Crippen LogP contribution is -2.34. The Morgan fingerprint density at radius 1 is 1.55 bits per heavy atom. The molecule has 0 aliphatic carbocycles. The molecule has 2 nitrogen and oxygen atoms in total. The highest BCUT2D eigenvalue weighted by molar-refractivity contribution is 7.85. The fourth-order valence-corrected chi connectivity index (χ4v) is 1.51. The molecule has 2 atom stereocenters. The highest BCUT2D eigenvalue weighted by atomic mass is 32.2. The molecule has 0 fully saturated rings. The number of halogens is 3. The topological polar surface area (TPSA) is 43.1 Å². The van der Waals surface area contributed by atoms with Gasteiger partial charge in [-0.2, -0.15) is 13.2 Å². The smallest absolute Gasteiger partial charge is 0.330 e. The molecule has 0 spiro atoms. The highest BCUT2D eigenvalue weighted by Gasteiger charge is 2.41. The fraction of sp³-hybridized carbons (Fsp3) is 1.00. The molecule has 68 valence electrons. The molecule has 6 heteroatoms. The fourth-order valence-electron chi connectivity index (χ4n) is 0.669. The van der Waals surface area contributed by atoms with Gasteiger partial charge in [-0.05, 0) is 13.0 Å². The molecule has 0 rings (SSSR count). The molecule has 2 N–H and O–H groups in total. The summed E-state index contributed by atoms with van der Waals surface area (Å²) in [6.07, 6.45) is -3.63. The van der Waals surface area contributed by atoms with E-state index in [4.69, 9.17) is 5.73 Å². The van der Waals surface area contributed by atoms with Crippen LogP contribution in [0, 0.1) is 0 Å². The van der Waals surface area contributed by atoms with Gasteiger partial charge < -0.3 is 5.73 Å². The Labute approximate surface area is 65.4 Å². The van der Waals surface area contributed by atoms with E-state index >= 15 is 0 Å². The Morgan fingerprint density at radius 3 is 2.09 bits per heavy atom. The van der Waals surface area contributed by atoms with Crippen LogP contribution < -0.4 is 5.73 Å². The third kappa shape index (κ3) is 3.71. The zero-order valence-electron chi connectivity index (χ0n) is 6.02. The molecule has 0 aromatic rings. The van der Waals surface area contributed by atoms with Gasteiger partial charge in [-0.25, -0.2) is 0 Å². The van der Waals surface area contributed by atoms with E-state index in [9.17, 15) is 17.4 Å². The Bertz CT molecular complexity index is 147. The summed E-state index contributed by atoms with van der Waals surface area (Å²) in [5.74, 6) is 0. The first-order valence-corrected chi connectivity index (χ1v) is 4.60. The van der Waals surface area contributed by atoms with Gasteiger partial charge in [0.2, 0.25) is 0 Å². The lowest BCUT2D eigenvalue weighted by molar-refractivity contribution is -0.130. The third-order valence-corrected chi connectivity index (χ3v) is 2.50. The van der Waals surface area contributed by atoms with Gasteiger partial charge in [0.15, 0.2) is 0 Å². The van der Waals surface area contributed by atoms with E-state index in [1.165, 1.54) is 0 Å². The number of hydrogen-bond acceptors (Lipinski definition) is 2. The van der Waals surface area contributed by atoms with Gasteiger partial charge in [0.1, 0.15) is 5.25 Å². The van der Waals surface area contributed by atoms with E-state index < -0.39 is 22.2 Å². The van der Waals surface area contributed by atoms with E-state index in [-0.39, 0.29) is 13.0 Å². The van der Waals surface area contributed by atoms with Crippen molar-refractivity contribution in [3.8, 4) is 0 Å². The van der Waals surface area contributed by atoms with Gasteiger partial charge in [-0.15, -0.1) is 0 Å². The van der Waals surface area contributed by atoms with Crippen LogP contribution in [0.2, 0.25) is 0 Å². The summed E-state index contributed by atoms with van der Waals surface area (Å²) in [7, 11) is -1.88. The Kier molecular flexibility index (Phi) is 4.02. The van der Waals surface area contributed by atoms with Gasteiger partial charge in [0, 0.05) is 17.1 Å². The van der Waals surface area contributed by atoms with E-state index in [1.54, 1.807) is 0 Å². The van der Waals surface area contributed by atoms with Crippen molar-refractivity contribution in [3.05, 3.63) is 0 Å². The molecule has 0 aromatic carbocycles. The molecule has 0 saturated carbocycles. The predicted molar refractivity (Wildman–Crippen MR) is 37.6 cm³/mol. The monoisotopic (exact) mass is 189 g/mol. The Morgan fingerprint density at radius 2 is 2.00 bits per heavy atom. The molecule has 11 heavy (non-hydrogen) atoms. The molecule has 2 unspecified atom stereocenters. The second-order valence-corrected chi connectivity index (χ2v) is 3.67. The minimum atomic E-state index is -4.39. The van der Waals surface area contributed by atoms with Gasteiger partial charge in [-0.1, -0.05) is 0 Å². The van der Waals surface area contributed by atoms with E-state index in [0.717, 1.165) is 6.26 Å². The molecular weight excluding hydrogens is 179 g/mol. The molecule has 0 aliphatic heterocycles. The first-order valence-electron chi connectivity index (χ1n) is 2.98. The lowest BCUT2D eigenvalue weighted by atomic mass is 10.3. The Hall–Kier alpha value is -0.100. The number of hydrogen-bond donors (Lipinski definition) is 1. The van der Waals surface area contributed by atoms with Crippen LogP contribution in [-0.4, -0.2) is 28.4 Å². The largest absolute Gasteiger partial charge is 0.403 e. The van der Waals surface area contributed by atoms with Crippen molar-refractivity contribution in [2.75, 3.05) is 12.8 Å². The van der Waals surface area contributed by atoms with Crippen molar-refractivity contribution in [1.29, 1.82) is 0 Å². The van der Waals surface area contributed by atoms with Crippen molar-refractivity contribution in [2.24, 2.45) is 5.73 Å². The third-order valence-electron chi connectivity index (χ3n) is 1.19. The second-order valence-electron chi connectivity index (χ2n) is 2.11. The molecule has 0 heterocycles. The Balaban J connectivity index is 4.22. The number of alkyl halides is 3. The van der Waals surface area contributed by atoms with Gasteiger partial charge in [-0.3, -0.25) is 4.21 Å². The van der Waals surface area contributed by atoms with Crippen LogP contribution in [0.25, 0.3) is 0 Å². The molecule has 0 radical (unpaired) electrons. The van der Waals surface area contributed by atoms with Crippen LogP contribution in [0.3, 0.4) is 0 Å². The average molecular weight is 189 g/mol. The van der Waals surface area contributed by atoms with Gasteiger partial charge >= 0.3 is 6.18 Å². The van der Waals surface area contributed by atoms with Crippen LogP contribution in [0.15, 0.2) is 0 Å². The first-order chi connectivity index (χ1) is 4.89. The van der Waals surface area contributed by atoms with Crippen LogP contribution in [0.1, 0.15) is 6.42 Å². The molecule has 0 bridgehead atoms. The van der Waals surface area contributed by atoms with Gasteiger partial charge in [0.25, 0.3) is 0 Å². The van der Waals surface area contributed by atoms with E-state index in [0.29, 0.717) is 0 Å². The van der Waals surface area contributed by atoms with Crippen molar-refractivity contribution < 1.29 is 17.4 Å². The van der Waals surface area contributed by atoms with Crippen LogP contribution in [-0.2, 0) is 10.8 Å².